The van der Waals surface area contributed by atoms with E-state index in [1.807, 2.05) is 62.2 Å². The first kappa shape index (κ1) is 17.0. The zero-order valence-electron chi connectivity index (χ0n) is 14.0. The fraction of sp³-hybridized carbons (Fsp3) is 0.316. The van der Waals surface area contributed by atoms with E-state index >= 15 is 0 Å². The fourth-order valence-corrected chi connectivity index (χ4v) is 2.39. The molecule has 0 bridgehead atoms. The molecule has 0 spiro atoms. The van der Waals surface area contributed by atoms with E-state index in [1.54, 1.807) is 0 Å². The second-order valence-electron chi connectivity index (χ2n) is 5.64. The molecule has 0 atom stereocenters. The molecule has 0 heterocycles. The molecule has 0 saturated carbocycles. The van der Waals surface area contributed by atoms with Crippen LogP contribution in [0.25, 0.3) is 0 Å². The standard InChI is InChI=1S/C19H24N2O2/c1-4-23-18-12-15(2)10-11-17(18)20-19(22)14-21(3)13-16-8-6-5-7-9-16/h5-12H,4,13-14H2,1-3H3,(H,20,22). The van der Waals surface area contributed by atoms with Gasteiger partial charge in [0.1, 0.15) is 5.75 Å². The number of likely N-dealkylation sites (N-methyl/N-ethyl adjacent to an activating group) is 1. The summed E-state index contributed by atoms with van der Waals surface area (Å²) in [5.74, 6) is 0.666. The highest BCUT2D eigenvalue weighted by Gasteiger charge is 2.11. The number of amides is 1. The minimum absolute atomic E-state index is 0.0479. The van der Waals surface area contributed by atoms with E-state index in [2.05, 4.69) is 17.4 Å². The number of benzene rings is 2. The maximum Gasteiger partial charge on any atom is 0.238 e. The van der Waals surface area contributed by atoms with E-state index in [0.29, 0.717) is 18.9 Å². The van der Waals surface area contributed by atoms with Gasteiger partial charge >= 0.3 is 0 Å². The molecule has 2 rings (SSSR count). The predicted molar refractivity (Wildman–Crippen MR) is 93.8 cm³/mol. The highest BCUT2D eigenvalue weighted by molar-refractivity contribution is 5.93. The lowest BCUT2D eigenvalue weighted by molar-refractivity contribution is -0.117. The Kier molecular flexibility index (Phi) is 6.18. The number of nitrogens with one attached hydrogen (secondary N) is 1. The van der Waals surface area contributed by atoms with Crippen LogP contribution in [0.15, 0.2) is 48.5 Å². The summed E-state index contributed by atoms with van der Waals surface area (Å²) in [4.78, 5) is 14.2. The summed E-state index contributed by atoms with van der Waals surface area (Å²) in [6, 6.07) is 15.9. The smallest absolute Gasteiger partial charge is 0.238 e. The SMILES string of the molecule is CCOc1cc(C)ccc1NC(=O)CN(C)Cc1ccccc1. The minimum atomic E-state index is -0.0479. The van der Waals surface area contributed by atoms with E-state index in [0.717, 1.165) is 17.8 Å². The van der Waals surface area contributed by atoms with Crippen molar-refractivity contribution < 1.29 is 9.53 Å². The lowest BCUT2D eigenvalue weighted by Crippen LogP contribution is -2.30. The molecule has 1 N–H and O–H groups in total. The van der Waals surface area contributed by atoms with Crippen LogP contribution < -0.4 is 10.1 Å². The Hall–Kier alpha value is -2.33. The molecule has 0 radical (unpaired) electrons. The number of hydrogen-bond donors (Lipinski definition) is 1. The number of hydrogen-bond acceptors (Lipinski definition) is 3. The van der Waals surface area contributed by atoms with Crippen molar-refractivity contribution in [2.75, 3.05) is 25.5 Å². The molecule has 0 unspecified atom stereocenters. The van der Waals surface area contributed by atoms with Crippen molar-refractivity contribution in [3.63, 3.8) is 0 Å². The summed E-state index contributed by atoms with van der Waals surface area (Å²) >= 11 is 0. The van der Waals surface area contributed by atoms with Gasteiger partial charge in [0, 0.05) is 6.54 Å². The Morgan fingerprint density at radius 2 is 1.91 bits per heavy atom. The first-order valence-electron chi connectivity index (χ1n) is 7.84. The van der Waals surface area contributed by atoms with Crippen LogP contribution in [-0.2, 0) is 11.3 Å². The summed E-state index contributed by atoms with van der Waals surface area (Å²) in [7, 11) is 1.94. The normalized spacial score (nSPS) is 10.6. The Bertz CT molecular complexity index is 641. The topological polar surface area (TPSA) is 41.6 Å². The number of anilines is 1. The van der Waals surface area contributed by atoms with Gasteiger partial charge in [-0.1, -0.05) is 36.4 Å². The van der Waals surface area contributed by atoms with E-state index in [-0.39, 0.29) is 5.91 Å². The molecule has 0 aromatic heterocycles. The highest BCUT2D eigenvalue weighted by atomic mass is 16.5. The monoisotopic (exact) mass is 312 g/mol. The Morgan fingerprint density at radius 3 is 2.61 bits per heavy atom. The predicted octanol–water partition coefficient (Wildman–Crippen LogP) is 3.46. The number of aryl methyl sites for hydroxylation is 1. The van der Waals surface area contributed by atoms with Gasteiger partial charge in [0.2, 0.25) is 5.91 Å². The van der Waals surface area contributed by atoms with Crippen LogP contribution in [0.3, 0.4) is 0 Å². The van der Waals surface area contributed by atoms with Crippen molar-refractivity contribution in [2.24, 2.45) is 0 Å². The van der Waals surface area contributed by atoms with Crippen molar-refractivity contribution in [3.8, 4) is 5.75 Å². The van der Waals surface area contributed by atoms with Crippen molar-refractivity contribution in [2.45, 2.75) is 20.4 Å². The quantitative estimate of drug-likeness (QED) is 0.851. The number of nitrogens with zero attached hydrogens (tertiary/aromatic N) is 1. The molecule has 0 aliphatic carbocycles. The minimum Gasteiger partial charge on any atom is -0.492 e. The first-order valence-corrected chi connectivity index (χ1v) is 7.84. The van der Waals surface area contributed by atoms with Crippen LogP contribution in [0.5, 0.6) is 5.75 Å². The van der Waals surface area contributed by atoms with E-state index < -0.39 is 0 Å². The molecule has 0 aliphatic rings. The summed E-state index contributed by atoms with van der Waals surface area (Å²) in [5, 5.41) is 2.93. The summed E-state index contributed by atoms with van der Waals surface area (Å²) in [6.45, 7) is 5.57. The van der Waals surface area contributed by atoms with Crippen LogP contribution in [0.4, 0.5) is 5.69 Å². The summed E-state index contributed by atoms with van der Waals surface area (Å²) < 4.78 is 5.59. The van der Waals surface area contributed by atoms with E-state index in [1.165, 1.54) is 5.56 Å². The van der Waals surface area contributed by atoms with Crippen molar-refractivity contribution >= 4 is 11.6 Å². The van der Waals surface area contributed by atoms with Crippen molar-refractivity contribution in [1.29, 1.82) is 0 Å². The molecular formula is C19H24N2O2. The molecule has 4 nitrogen and oxygen atoms in total. The second-order valence-corrected chi connectivity index (χ2v) is 5.64. The molecule has 4 heteroatoms. The zero-order chi connectivity index (χ0) is 16.7. The van der Waals surface area contributed by atoms with Crippen molar-refractivity contribution in [1.82, 2.24) is 4.90 Å². The van der Waals surface area contributed by atoms with Crippen LogP contribution in [0.1, 0.15) is 18.1 Å². The van der Waals surface area contributed by atoms with Crippen LogP contribution >= 0.6 is 0 Å². The number of carbonyl (C=O) groups is 1. The molecule has 0 saturated heterocycles. The van der Waals surface area contributed by atoms with Gasteiger partial charge in [0.05, 0.1) is 18.8 Å². The average Bonchev–Trinajstić information content (AvgIpc) is 2.51. The van der Waals surface area contributed by atoms with Gasteiger partial charge in [0.15, 0.2) is 0 Å². The Balaban J connectivity index is 1.94. The number of carbonyl (C=O) groups excluding carboxylic acids is 1. The highest BCUT2D eigenvalue weighted by Crippen LogP contribution is 2.25. The molecule has 1 amide bonds. The third kappa shape index (κ3) is 5.42. The van der Waals surface area contributed by atoms with Gasteiger partial charge in [-0.05, 0) is 44.2 Å². The van der Waals surface area contributed by atoms with Crippen LogP contribution in [0, 0.1) is 6.92 Å². The molecule has 0 fully saturated rings. The lowest BCUT2D eigenvalue weighted by Gasteiger charge is -2.17. The fourth-order valence-electron chi connectivity index (χ4n) is 2.39. The second kappa shape index (κ2) is 8.34. The molecular weight excluding hydrogens is 288 g/mol. The summed E-state index contributed by atoms with van der Waals surface area (Å²) in [6.07, 6.45) is 0. The van der Waals surface area contributed by atoms with Gasteiger partial charge in [-0.3, -0.25) is 9.69 Å². The third-order valence-electron chi connectivity index (χ3n) is 3.42. The van der Waals surface area contributed by atoms with Gasteiger partial charge in [0.25, 0.3) is 0 Å². The van der Waals surface area contributed by atoms with Gasteiger partial charge in [-0.2, -0.15) is 0 Å². The molecule has 122 valence electrons. The van der Waals surface area contributed by atoms with Crippen LogP contribution in [0.2, 0.25) is 0 Å². The molecule has 2 aromatic rings. The molecule has 0 aliphatic heterocycles. The zero-order valence-corrected chi connectivity index (χ0v) is 14.0. The van der Waals surface area contributed by atoms with Gasteiger partial charge < -0.3 is 10.1 Å². The maximum atomic E-state index is 12.2. The maximum absolute atomic E-state index is 12.2. The average molecular weight is 312 g/mol. The van der Waals surface area contributed by atoms with E-state index in [9.17, 15) is 4.79 Å². The number of rotatable bonds is 7. The Morgan fingerprint density at radius 1 is 1.17 bits per heavy atom. The number of ether oxygens (including phenoxy) is 1. The van der Waals surface area contributed by atoms with E-state index in [4.69, 9.17) is 4.74 Å². The first-order chi connectivity index (χ1) is 11.1. The van der Waals surface area contributed by atoms with Crippen molar-refractivity contribution in [3.05, 3.63) is 59.7 Å². The summed E-state index contributed by atoms with van der Waals surface area (Å²) in [5.41, 5.74) is 3.01. The molecule has 23 heavy (non-hydrogen) atoms. The lowest BCUT2D eigenvalue weighted by atomic mass is 10.2. The molecule has 2 aromatic carbocycles. The largest absolute Gasteiger partial charge is 0.492 e. The van der Waals surface area contributed by atoms with Gasteiger partial charge in [-0.25, -0.2) is 0 Å². The van der Waals surface area contributed by atoms with Gasteiger partial charge in [-0.15, -0.1) is 0 Å². The Labute approximate surface area is 138 Å². The van der Waals surface area contributed by atoms with Crippen LogP contribution in [-0.4, -0.2) is 31.0 Å². The third-order valence-corrected chi connectivity index (χ3v) is 3.42.